The van der Waals surface area contributed by atoms with Gasteiger partial charge in [0, 0.05) is 5.56 Å². The largest absolute Gasteiger partial charge is 0.493 e. The van der Waals surface area contributed by atoms with Crippen molar-refractivity contribution in [3.05, 3.63) is 35.9 Å². The number of aromatic nitrogens is 3. The van der Waals surface area contributed by atoms with E-state index in [9.17, 15) is 4.79 Å². The Kier molecular flexibility index (Phi) is 3.97. The first kappa shape index (κ1) is 12.9. The molecule has 7 nitrogen and oxygen atoms in total. The van der Waals surface area contributed by atoms with Gasteiger partial charge >= 0.3 is 0 Å². The number of amides is 1. The molecular formula is C12H14N4O3. The maximum absolute atomic E-state index is 11.9. The highest BCUT2D eigenvalue weighted by Crippen LogP contribution is 2.27. The molecule has 0 atom stereocenters. The van der Waals surface area contributed by atoms with E-state index in [-0.39, 0.29) is 12.5 Å². The molecule has 0 aliphatic heterocycles. The van der Waals surface area contributed by atoms with Gasteiger partial charge in [0.2, 0.25) is 0 Å². The van der Waals surface area contributed by atoms with Crippen LogP contribution < -0.4 is 14.8 Å². The molecular weight excluding hydrogens is 248 g/mol. The topological polar surface area (TPSA) is 89.1 Å². The highest BCUT2D eigenvalue weighted by Gasteiger charge is 2.10. The molecule has 19 heavy (non-hydrogen) atoms. The quantitative estimate of drug-likeness (QED) is 0.830. The summed E-state index contributed by atoms with van der Waals surface area (Å²) in [5, 5.41) is 9.08. The molecule has 100 valence electrons. The van der Waals surface area contributed by atoms with Crippen molar-refractivity contribution in [1.29, 1.82) is 0 Å². The van der Waals surface area contributed by atoms with Crippen LogP contribution in [-0.2, 0) is 6.54 Å². The Labute approximate surface area is 110 Å². The number of methoxy groups -OCH3 is 2. The van der Waals surface area contributed by atoms with Crippen molar-refractivity contribution in [1.82, 2.24) is 20.5 Å². The molecule has 1 aromatic carbocycles. The Hall–Kier alpha value is -2.57. The minimum Gasteiger partial charge on any atom is -0.493 e. The summed E-state index contributed by atoms with van der Waals surface area (Å²) < 4.78 is 10.3. The van der Waals surface area contributed by atoms with Gasteiger partial charge < -0.3 is 14.8 Å². The summed E-state index contributed by atoms with van der Waals surface area (Å²) in [5.74, 6) is 1.45. The van der Waals surface area contributed by atoms with Crippen LogP contribution >= 0.6 is 0 Å². The molecule has 1 amide bonds. The number of nitrogens with one attached hydrogen (secondary N) is 2. The van der Waals surface area contributed by atoms with Gasteiger partial charge in [0.1, 0.15) is 12.2 Å². The third-order valence-electron chi connectivity index (χ3n) is 2.53. The fraction of sp³-hybridized carbons (Fsp3) is 0.250. The third-order valence-corrected chi connectivity index (χ3v) is 2.53. The zero-order valence-electron chi connectivity index (χ0n) is 10.6. The Balaban J connectivity index is 2.06. The summed E-state index contributed by atoms with van der Waals surface area (Å²) in [6.07, 6.45) is 1.39. The molecule has 0 saturated heterocycles. The number of hydrogen-bond donors (Lipinski definition) is 2. The van der Waals surface area contributed by atoms with Crippen LogP contribution in [0.25, 0.3) is 0 Å². The smallest absolute Gasteiger partial charge is 0.251 e. The molecule has 0 radical (unpaired) electrons. The fourth-order valence-corrected chi connectivity index (χ4v) is 1.56. The maximum atomic E-state index is 11.9. The lowest BCUT2D eigenvalue weighted by molar-refractivity contribution is 0.0949. The number of nitrogens with zero attached hydrogens (tertiary/aromatic N) is 2. The van der Waals surface area contributed by atoms with E-state index in [4.69, 9.17) is 9.47 Å². The number of hydrogen-bond acceptors (Lipinski definition) is 5. The van der Waals surface area contributed by atoms with Crippen LogP contribution in [0.5, 0.6) is 11.5 Å². The van der Waals surface area contributed by atoms with E-state index in [1.807, 2.05) is 0 Å². The lowest BCUT2D eigenvalue weighted by atomic mass is 10.2. The minimum atomic E-state index is -0.225. The fourth-order valence-electron chi connectivity index (χ4n) is 1.56. The predicted octanol–water partition coefficient (Wildman–Crippen LogP) is 0.752. The molecule has 2 N–H and O–H groups in total. The molecule has 0 saturated carbocycles. The van der Waals surface area contributed by atoms with Crippen LogP contribution in [0, 0.1) is 0 Å². The van der Waals surface area contributed by atoms with Crippen LogP contribution in [0.1, 0.15) is 16.2 Å². The highest BCUT2D eigenvalue weighted by atomic mass is 16.5. The van der Waals surface area contributed by atoms with Gasteiger partial charge in [0.25, 0.3) is 5.91 Å². The van der Waals surface area contributed by atoms with Gasteiger partial charge in [0.15, 0.2) is 11.5 Å². The average Bonchev–Trinajstić information content (AvgIpc) is 2.97. The van der Waals surface area contributed by atoms with Crippen molar-refractivity contribution in [2.75, 3.05) is 14.2 Å². The Morgan fingerprint density at radius 2 is 2.11 bits per heavy atom. The second-order valence-corrected chi connectivity index (χ2v) is 3.68. The first-order chi connectivity index (χ1) is 9.24. The van der Waals surface area contributed by atoms with Gasteiger partial charge in [-0.15, -0.1) is 0 Å². The molecule has 1 aromatic heterocycles. The zero-order valence-corrected chi connectivity index (χ0v) is 10.6. The van der Waals surface area contributed by atoms with Crippen LogP contribution in [0.3, 0.4) is 0 Å². The lowest BCUT2D eigenvalue weighted by Gasteiger charge is -2.09. The minimum absolute atomic E-state index is 0.225. The van der Waals surface area contributed by atoms with E-state index < -0.39 is 0 Å². The number of rotatable bonds is 5. The van der Waals surface area contributed by atoms with Crippen molar-refractivity contribution in [2.24, 2.45) is 0 Å². The van der Waals surface area contributed by atoms with E-state index >= 15 is 0 Å². The molecule has 0 unspecified atom stereocenters. The summed E-state index contributed by atoms with van der Waals surface area (Å²) in [6, 6.07) is 4.97. The van der Waals surface area contributed by atoms with Crippen molar-refractivity contribution >= 4 is 5.91 Å². The van der Waals surface area contributed by atoms with Crippen molar-refractivity contribution in [3.63, 3.8) is 0 Å². The van der Waals surface area contributed by atoms with Crippen LogP contribution in [0.15, 0.2) is 24.5 Å². The third kappa shape index (κ3) is 3.01. The number of aromatic amines is 1. The summed E-state index contributed by atoms with van der Waals surface area (Å²) >= 11 is 0. The van der Waals surface area contributed by atoms with E-state index in [0.29, 0.717) is 22.9 Å². The molecule has 2 rings (SSSR count). The predicted molar refractivity (Wildman–Crippen MR) is 67.1 cm³/mol. The van der Waals surface area contributed by atoms with Gasteiger partial charge in [0.05, 0.1) is 20.8 Å². The van der Waals surface area contributed by atoms with Crippen LogP contribution in [0.2, 0.25) is 0 Å². The molecule has 0 fully saturated rings. The number of H-pyrrole nitrogens is 1. The molecule has 2 aromatic rings. The average molecular weight is 262 g/mol. The van der Waals surface area contributed by atoms with Gasteiger partial charge in [-0.1, -0.05) is 0 Å². The highest BCUT2D eigenvalue weighted by molar-refractivity contribution is 5.94. The van der Waals surface area contributed by atoms with E-state index in [0.717, 1.165) is 0 Å². The summed E-state index contributed by atoms with van der Waals surface area (Å²) in [5.41, 5.74) is 0.483. The molecule has 0 aliphatic rings. The molecule has 1 heterocycles. The van der Waals surface area contributed by atoms with Crippen molar-refractivity contribution in [3.8, 4) is 11.5 Å². The molecule has 0 spiro atoms. The van der Waals surface area contributed by atoms with Crippen molar-refractivity contribution in [2.45, 2.75) is 6.54 Å². The summed E-state index contributed by atoms with van der Waals surface area (Å²) in [4.78, 5) is 15.9. The SMILES string of the molecule is COc1ccc(C(=O)NCc2ncn[nH]2)cc1OC. The monoisotopic (exact) mass is 262 g/mol. The number of carbonyl (C=O) groups excluding carboxylic acids is 1. The second kappa shape index (κ2) is 5.85. The van der Waals surface area contributed by atoms with Crippen LogP contribution in [0.4, 0.5) is 0 Å². The zero-order chi connectivity index (χ0) is 13.7. The lowest BCUT2D eigenvalue weighted by Crippen LogP contribution is -2.23. The van der Waals surface area contributed by atoms with Gasteiger partial charge in [-0.25, -0.2) is 4.98 Å². The van der Waals surface area contributed by atoms with Gasteiger partial charge in [-0.05, 0) is 18.2 Å². The maximum Gasteiger partial charge on any atom is 0.251 e. The first-order valence-electron chi connectivity index (χ1n) is 5.59. The van der Waals surface area contributed by atoms with Crippen LogP contribution in [-0.4, -0.2) is 35.3 Å². The van der Waals surface area contributed by atoms with E-state index in [2.05, 4.69) is 20.5 Å². The van der Waals surface area contributed by atoms with E-state index in [1.54, 1.807) is 25.3 Å². The number of benzene rings is 1. The standard InChI is InChI=1S/C12H14N4O3/c1-18-9-4-3-8(5-10(9)19-2)12(17)13-6-11-14-7-15-16-11/h3-5,7H,6H2,1-2H3,(H,13,17)(H,14,15,16). The summed E-state index contributed by atoms with van der Waals surface area (Å²) in [7, 11) is 3.07. The Morgan fingerprint density at radius 3 is 2.74 bits per heavy atom. The van der Waals surface area contributed by atoms with E-state index in [1.165, 1.54) is 13.4 Å². The molecule has 7 heteroatoms. The van der Waals surface area contributed by atoms with Crippen molar-refractivity contribution < 1.29 is 14.3 Å². The number of ether oxygens (including phenoxy) is 2. The Bertz CT molecular complexity index is 554. The van der Waals surface area contributed by atoms with Gasteiger partial charge in [-0.2, -0.15) is 5.10 Å². The Morgan fingerprint density at radius 1 is 1.32 bits per heavy atom. The van der Waals surface area contributed by atoms with Gasteiger partial charge in [-0.3, -0.25) is 9.89 Å². The first-order valence-corrected chi connectivity index (χ1v) is 5.59. The molecule has 0 bridgehead atoms. The molecule has 0 aliphatic carbocycles. The number of carbonyl (C=O) groups is 1. The second-order valence-electron chi connectivity index (χ2n) is 3.68. The summed E-state index contributed by atoms with van der Waals surface area (Å²) in [6.45, 7) is 0.285. The normalized spacial score (nSPS) is 10.0.